The highest BCUT2D eigenvalue weighted by atomic mass is 16.2. The van der Waals surface area contributed by atoms with Crippen LogP contribution in [-0.2, 0) is 6.54 Å². The van der Waals surface area contributed by atoms with Crippen LogP contribution in [0.4, 0.5) is 10.5 Å². The lowest BCUT2D eigenvalue weighted by atomic mass is 10.1. The lowest BCUT2D eigenvalue weighted by Crippen LogP contribution is -2.41. The lowest BCUT2D eigenvalue weighted by molar-refractivity contribution is 0.200. The number of aryl methyl sites for hydroxylation is 1. The van der Waals surface area contributed by atoms with E-state index in [9.17, 15) is 4.79 Å². The van der Waals surface area contributed by atoms with Crippen molar-refractivity contribution in [2.75, 3.05) is 25.5 Å². The van der Waals surface area contributed by atoms with Crippen LogP contribution < -0.4 is 5.32 Å². The molecule has 2 bridgehead atoms. The van der Waals surface area contributed by atoms with Gasteiger partial charge < -0.3 is 14.8 Å². The van der Waals surface area contributed by atoms with E-state index in [1.165, 1.54) is 23.7 Å². The predicted octanol–water partition coefficient (Wildman–Crippen LogP) is 3.36. The van der Waals surface area contributed by atoms with E-state index in [0.717, 1.165) is 31.7 Å². The van der Waals surface area contributed by atoms with Crippen molar-refractivity contribution in [1.82, 2.24) is 14.4 Å². The molecule has 2 atom stereocenters. The van der Waals surface area contributed by atoms with E-state index < -0.39 is 0 Å². The van der Waals surface area contributed by atoms with Gasteiger partial charge in [-0.15, -0.1) is 0 Å². The molecule has 24 heavy (non-hydrogen) atoms. The summed E-state index contributed by atoms with van der Waals surface area (Å²) in [6, 6.07) is 9.47. The number of fused-ring (bicyclic) bond motifs is 3. The summed E-state index contributed by atoms with van der Waals surface area (Å²) in [5, 5.41) is 4.31. The molecule has 1 aromatic heterocycles. The van der Waals surface area contributed by atoms with E-state index in [2.05, 4.69) is 53.2 Å². The number of aromatic nitrogens is 1. The number of likely N-dealkylation sites (tertiary alicyclic amines) is 1. The fraction of sp³-hybridized carbons (Fsp3) is 0.526. The molecule has 0 saturated carbocycles. The molecule has 2 fully saturated rings. The summed E-state index contributed by atoms with van der Waals surface area (Å²) in [5.74, 6) is 0. The van der Waals surface area contributed by atoms with Gasteiger partial charge >= 0.3 is 6.03 Å². The van der Waals surface area contributed by atoms with E-state index in [1.807, 2.05) is 11.0 Å². The van der Waals surface area contributed by atoms with Crippen molar-refractivity contribution in [3.63, 3.8) is 0 Å². The predicted molar refractivity (Wildman–Crippen MR) is 97.4 cm³/mol. The van der Waals surface area contributed by atoms with Crippen LogP contribution in [0.2, 0.25) is 0 Å². The number of anilines is 1. The molecular weight excluding hydrogens is 300 g/mol. The first kappa shape index (κ1) is 15.5. The molecule has 2 aliphatic heterocycles. The Morgan fingerprint density at radius 2 is 2.04 bits per heavy atom. The molecule has 1 N–H and O–H groups in total. The SMILES string of the molecule is CCn1ccc2ccc(NC(=O)N3CC[C@H]4CC[C@@H](C3)N4C)cc21. The fourth-order valence-corrected chi connectivity index (χ4v) is 4.23. The molecule has 2 amide bonds. The highest BCUT2D eigenvalue weighted by molar-refractivity contribution is 5.93. The lowest BCUT2D eigenvalue weighted by Gasteiger charge is -2.26. The van der Waals surface area contributed by atoms with Crippen LogP contribution in [0.3, 0.4) is 0 Å². The van der Waals surface area contributed by atoms with Crippen LogP contribution in [0, 0.1) is 0 Å². The first-order chi connectivity index (χ1) is 11.7. The molecule has 0 spiro atoms. The molecule has 2 saturated heterocycles. The van der Waals surface area contributed by atoms with E-state index >= 15 is 0 Å². The highest BCUT2D eigenvalue weighted by Crippen LogP contribution is 2.29. The van der Waals surface area contributed by atoms with Gasteiger partial charge in [0.2, 0.25) is 0 Å². The first-order valence-electron chi connectivity index (χ1n) is 9.02. The van der Waals surface area contributed by atoms with Crippen LogP contribution >= 0.6 is 0 Å². The number of likely N-dealkylation sites (N-methyl/N-ethyl adjacent to an activating group) is 1. The minimum atomic E-state index is 0.0323. The van der Waals surface area contributed by atoms with Gasteiger partial charge in [0.1, 0.15) is 0 Å². The van der Waals surface area contributed by atoms with Crippen LogP contribution in [0.25, 0.3) is 10.9 Å². The number of nitrogens with zero attached hydrogens (tertiary/aromatic N) is 3. The molecular formula is C19H26N4O. The van der Waals surface area contributed by atoms with Crippen molar-refractivity contribution >= 4 is 22.6 Å². The van der Waals surface area contributed by atoms with E-state index in [0.29, 0.717) is 12.1 Å². The number of nitrogens with one attached hydrogen (secondary N) is 1. The maximum Gasteiger partial charge on any atom is 0.321 e. The molecule has 2 aliphatic rings. The average Bonchev–Trinajstić information content (AvgIpc) is 3.07. The van der Waals surface area contributed by atoms with Gasteiger partial charge in [0.25, 0.3) is 0 Å². The molecule has 2 aromatic rings. The normalized spacial score (nSPS) is 24.3. The van der Waals surface area contributed by atoms with Gasteiger partial charge in [0.15, 0.2) is 0 Å². The zero-order valence-electron chi connectivity index (χ0n) is 14.5. The van der Waals surface area contributed by atoms with E-state index in [1.54, 1.807) is 0 Å². The number of hydrogen-bond donors (Lipinski definition) is 1. The molecule has 4 rings (SSSR count). The minimum Gasteiger partial charge on any atom is -0.348 e. The zero-order chi connectivity index (χ0) is 16.7. The van der Waals surface area contributed by atoms with E-state index in [4.69, 9.17) is 0 Å². The molecule has 128 valence electrons. The van der Waals surface area contributed by atoms with Gasteiger partial charge in [0, 0.05) is 43.6 Å². The summed E-state index contributed by atoms with van der Waals surface area (Å²) in [7, 11) is 2.20. The number of amides is 2. The Morgan fingerprint density at radius 3 is 2.88 bits per heavy atom. The molecule has 0 radical (unpaired) electrons. The largest absolute Gasteiger partial charge is 0.348 e. The summed E-state index contributed by atoms with van der Waals surface area (Å²) in [4.78, 5) is 17.2. The van der Waals surface area contributed by atoms with Crippen LogP contribution in [0.15, 0.2) is 30.5 Å². The Hall–Kier alpha value is -2.01. The van der Waals surface area contributed by atoms with Gasteiger partial charge in [0.05, 0.1) is 5.52 Å². The molecule has 0 aliphatic carbocycles. The van der Waals surface area contributed by atoms with E-state index in [-0.39, 0.29) is 6.03 Å². The Labute approximate surface area is 143 Å². The van der Waals surface area contributed by atoms with Gasteiger partial charge in [-0.3, -0.25) is 4.90 Å². The minimum absolute atomic E-state index is 0.0323. The van der Waals surface area contributed by atoms with Crippen LogP contribution in [-0.4, -0.2) is 52.6 Å². The molecule has 3 heterocycles. The van der Waals surface area contributed by atoms with Gasteiger partial charge in [-0.05, 0) is 56.8 Å². The third kappa shape index (κ3) is 2.67. The van der Waals surface area contributed by atoms with Crippen molar-refractivity contribution in [2.24, 2.45) is 0 Å². The molecule has 0 unspecified atom stereocenters. The second-order valence-corrected chi connectivity index (χ2v) is 7.09. The molecule has 1 aromatic carbocycles. The number of rotatable bonds is 2. The van der Waals surface area contributed by atoms with Crippen molar-refractivity contribution < 1.29 is 4.79 Å². The Kier molecular flexibility index (Phi) is 3.96. The highest BCUT2D eigenvalue weighted by Gasteiger charge is 2.35. The summed E-state index contributed by atoms with van der Waals surface area (Å²) >= 11 is 0. The number of urea groups is 1. The van der Waals surface area contributed by atoms with Crippen LogP contribution in [0.5, 0.6) is 0 Å². The second-order valence-electron chi connectivity index (χ2n) is 7.09. The summed E-state index contributed by atoms with van der Waals surface area (Å²) in [6.07, 6.45) is 5.66. The third-order valence-electron chi connectivity index (χ3n) is 5.80. The maximum absolute atomic E-state index is 12.7. The third-order valence-corrected chi connectivity index (χ3v) is 5.80. The Bertz CT molecular complexity index is 753. The smallest absolute Gasteiger partial charge is 0.321 e. The number of carbonyl (C=O) groups is 1. The standard InChI is InChI=1S/C19H26N4O/c1-3-22-10-8-14-4-5-15(12-18(14)22)20-19(24)23-11-9-16-6-7-17(13-23)21(16)2/h4-5,8,10,12,16-17H,3,6-7,9,11,13H2,1-2H3,(H,20,24)/t16-,17+/m1/s1. The van der Waals surface area contributed by atoms with Gasteiger partial charge in [-0.25, -0.2) is 4.79 Å². The van der Waals surface area contributed by atoms with Crippen LogP contribution in [0.1, 0.15) is 26.2 Å². The Balaban J connectivity index is 1.49. The first-order valence-corrected chi connectivity index (χ1v) is 9.02. The van der Waals surface area contributed by atoms with Crippen molar-refractivity contribution in [1.29, 1.82) is 0 Å². The van der Waals surface area contributed by atoms with Gasteiger partial charge in [-0.2, -0.15) is 0 Å². The number of benzene rings is 1. The average molecular weight is 326 g/mol. The molecule has 5 nitrogen and oxygen atoms in total. The maximum atomic E-state index is 12.7. The molecule has 5 heteroatoms. The van der Waals surface area contributed by atoms with Crippen molar-refractivity contribution in [3.8, 4) is 0 Å². The monoisotopic (exact) mass is 326 g/mol. The summed E-state index contributed by atoms with van der Waals surface area (Å²) in [6.45, 7) is 4.76. The number of hydrogen-bond acceptors (Lipinski definition) is 2. The topological polar surface area (TPSA) is 40.5 Å². The quantitative estimate of drug-likeness (QED) is 0.919. The summed E-state index contributed by atoms with van der Waals surface area (Å²) in [5.41, 5.74) is 2.05. The number of carbonyl (C=O) groups excluding carboxylic acids is 1. The van der Waals surface area contributed by atoms with Gasteiger partial charge in [-0.1, -0.05) is 6.07 Å². The Morgan fingerprint density at radius 1 is 1.21 bits per heavy atom. The fourth-order valence-electron chi connectivity index (χ4n) is 4.23. The van der Waals surface area contributed by atoms with Crippen molar-refractivity contribution in [3.05, 3.63) is 30.5 Å². The zero-order valence-corrected chi connectivity index (χ0v) is 14.5. The van der Waals surface area contributed by atoms with Crippen molar-refractivity contribution in [2.45, 2.75) is 44.8 Å². The second kappa shape index (κ2) is 6.13. The summed E-state index contributed by atoms with van der Waals surface area (Å²) < 4.78 is 2.20.